The van der Waals surface area contributed by atoms with Crippen molar-refractivity contribution in [3.8, 4) is 0 Å². The third-order valence-electron chi connectivity index (χ3n) is 5.28. The highest BCUT2D eigenvalue weighted by Crippen LogP contribution is 2.67. The van der Waals surface area contributed by atoms with E-state index < -0.39 is 98.8 Å². The first kappa shape index (κ1) is 50.7. The van der Waals surface area contributed by atoms with Crippen LogP contribution in [0.5, 0.6) is 0 Å². The van der Waals surface area contributed by atoms with E-state index in [1.165, 1.54) is 0 Å². The maximum absolute atomic E-state index is 14.7. The highest BCUT2D eigenvalue weighted by atomic mass is 28.4. The first-order valence-electron chi connectivity index (χ1n) is 10.7. The Bertz CT molecular complexity index is 1230. The Balaban J connectivity index is 8.56. The summed E-state index contributed by atoms with van der Waals surface area (Å²) in [6.45, 7) is 0. The topological polar surface area (TPSA) is 27.7 Å². The van der Waals surface area contributed by atoms with E-state index in [4.69, 9.17) is 0 Å². The van der Waals surface area contributed by atoms with Crippen LogP contribution in [0.1, 0.15) is 0 Å². The number of hydrogen-bond donors (Lipinski definition) is 0. The average molecular weight is 902 g/mol. The fourth-order valence-electron chi connectivity index (χ4n) is 2.49. The monoisotopic (exact) mass is 902 g/mol. The Morgan fingerprint density at radius 2 is 0.377 bits per heavy atom. The lowest BCUT2D eigenvalue weighted by Crippen LogP contribution is -2.81. The van der Waals surface area contributed by atoms with E-state index in [9.17, 15) is 149 Å². The standard InChI is InChI=1S/C15F34O3Si/c16-1(17,2(18,19)4(22,23)6(26,27)8(30,31)32)3(20,21)5(24,25)7(28,29)15(48,49)53(50-12(42,43)9(33,34)35,51-13(44,45)10(36,37)38)52-14(46,47)11(39,40)41. The van der Waals surface area contributed by atoms with Gasteiger partial charge in [0.1, 0.15) is 0 Å². The highest BCUT2D eigenvalue weighted by molar-refractivity contribution is 6.64. The van der Waals surface area contributed by atoms with Gasteiger partial charge in [-0.1, -0.05) is 0 Å². The number of rotatable bonds is 14. The zero-order chi connectivity index (χ0) is 44.1. The van der Waals surface area contributed by atoms with Crippen LogP contribution in [0.4, 0.5) is 149 Å². The molecular formula is C15F34O3Si. The Morgan fingerprint density at radius 1 is 0.208 bits per heavy atom. The quantitative estimate of drug-likeness (QED) is 0.128. The van der Waals surface area contributed by atoms with Gasteiger partial charge in [0.15, 0.2) is 0 Å². The average Bonchev–Trinajstić information content (AvgIpc) is 2.84. The third-order valence-corrected chi connectivity index (χ3v) is 7.94. The van der Waals surface area contributed by atoms with Gasteiger partial charge in [0.25, 0.3) is 0 Å². The molecule has 320 valence electrons. The maximum atomic E-state index is 14.7. The first-order chi connectivity index (χ1) is 22.1. The van der Waals surface area contributed by atoms with E-state index >= 15 is 0 Å². The van der Waals surface area contributed by atoms with Crippen molar-refractivity contribution >= 4 is 8.80 Å². The highest BCUT2D eigenvalue weighted by Gasteiger charge is 3.00. The van der Waals surface area contributed by atoms with Gasteiger partial charge in [0, 0.05) is 0 Å². The van der Waals surface area contributed by atoms with E-state index in [0.717, 1.165) is 13.3 Å². The van der Waals surface area contributed by atoms with Crippen molar-refractivity contribution in [2.45, 2.75) is 90.0 Å². The summed E-state index contributed by atoms with van der Waals surface area (Å²) in [6.07, 6.45) is -60.1. The van der Waals surface area contributed by atoms with Crippen molar-refractivity contribution in [3.05, 3.63) is 0 Å². The summed E-state index contributed by atoms with van der Waals surface area (Å²) in [5.41, 5.74) is -10.2. The molecule has 0 heterocycles. The summed E-state index contributed by atoms with van der Waals surface area (Å²) < 4.78 is 453. The van der Waals surface area contributed by atoms with Crippen LogP contribution in [-0.2, 0) is 13.3 Å². The van der Waals surface area contributed by atoms with Crippen molar-refractivity contribution in [2.24, 2.45) is 0 Å². The van der Waals surface area contributed by atoms with Gasteiger partial charge in [-0.3, -0.25) is 0 Å². The smallest absolute Gasteiger partial charge is 0.302 e. The molecule has 0 unspecified atom stereocenters. The largest absolute Gasteiger partial charge is 0.595 e. The van der Waals surface area contributed by atoms with Crippen molar-refractivity contribution < 1.29 is 163 Å². The van der Waals surface area contributed by atoms with Crippen LogP contribution in [0.15, 0.2) is 0 Å². The van der Waals surface area contributed by atoms with Crippen LogP contribution in [0.2, 0.25) is 0 Å². The maximum Gasteiger partial charge on any atom is 0.595 e. The molecule has 0 radical (unpaired) electrons. The van der Waals surface area contributed by atoms with Crippen LogP contribution < -0.4 is 0 Å². The molecule has 0 aromatic carbocycles. The molecule has 0 aliphatic heterocycles. The summed E-state index contributed by atoms with van der Waals surface area (Å²) in [5, 5.41) is 0. The van der Waals surface area contributed by atoms with Crippen molar-refractivity contribution in [1.29, 1.82) is 0 Å². The van der Waals surface area contributed by atoms with Gasteiger partial charge in [-0.25, -0.2) is 0 Å². The van der Waals surface area contributed by atoms with Gasteiger partial charge in [-0.2, -0.15) is 149 Å². The number of alkyl halides is 34. The molecule has 0 aromatic rings. The molecule has 0 rings (SSSR count). The SMILES string of the molecule is FC(F)(F)C(F)(F)O[Si](OC(F)(F)C(F)(F)F)(OC(F)(F)C(F)(F)F)C(F)(F)C(F)(F)C(F)(F)C(F)(F)C(F)(F)C(F)(F)C(F)(F)C(F)(F)C(F)(F)F. The van der Waals surface area contributed by atoms with Gasteiger partial charge < -0.3 is 13.3 Å². The van der Waals surface area contributed by atoms with Gasteiger partial charge in [-0.15, -0.1) is 0 Å². The molecule has 0 saturated carbocycles. The minimum absolute atomic E-state index is 0.988. The van der Waals surface area contributed by atoms with Crippen LogP contribution in [0.25, 0.3) is 0 Å². The Kier molecular flexibility index (Phi) is 12.1. The molecule has 0 N–H and O–H groups in total. The molecule has 0 bridgehead atoms. The molecule has 0 amide bonds. The zero-order valence-electron chi connectivity index (χ0n) is 22.1. The summed E-state index contributed by atoms with van der Waals surface area (Å²) >= 11 is 0. The van der Waals surface area contributed by atoms with Crippen molar-refractivity contribution in [2.75, 3.05) is 0 Å². The molecule has 0 aromatic heterocycles. The second-order valence-electron chi connectivity index (χ2n) is 9.00. The molecule has 38 heteroatoms. The summed E-state index contributed by atoms with van der Waals surface area (Å²) in [5.74, 6) is -69.2. The first-order valence-corrected chi connectivity index (χ1v) is 12.4. The Morgan fingerprint density at radius 3 is 0.547 bits per heavy atom. The Labute approximate surface area is 263 Å². The molecule has 0 fully saturated rings. The fraction of sp³-hybridized carbons (Fsp3) is 1.00. The van der Waals surface area contributed by atoms with Crippen LogP contribution >= 0.6 is 0 Å². The van der Waals surface area contributed by atoms with Crippen molar-refractivity contribution in [3.63, 3.8) is 0 Å². The Hall–Kier alpha value is -2.28. The predicted molar refractivity (Wildman–Crippen MR) is 87.6 cm³/mol. The van der Waals surface area contributed by atoms with Gasteiger partial charge >= 0.3 is 98.8 Å². The summed E-state index contributed by atoms with van der Waals surface area (Å²) in [7, 11) is -11.9. The van der Waals surface area contributed by atoms with E-state index in [0.29, 0.717) is 0 Å². The normalized spacial score (nSPS) is 17.1. The van der Waals surface area contributed by atoms with Gasteiger partial charge in [0.05, 0.1) is 0 Å². The molecule has 0 aliphatic carbocycles. The lowest BCUT2D eigenvalue weighted by molar-refractivity contribution is -0.471. The van der Waals surface area contributed by atoms with E-state index in [-0.39, 0.29) is 0 Å². The molecule has 0 atom stereocenters. The molecule has 0 aliphatic rings. The van der Waals surface area contributed by atoms with Crippen molar-refractivity contribution in [1.82, 2.24) is 0 Å². The van der Waals surface area contributed by atoms with Crippen LogP contribution in [-0.4, -0.2) is 98.8 Å². The molecule has 0 spiro atoms. The minimum atomic E-state index is -11.9. The molecule has 53 heavy (non-hydrogen) atoms. The van der Waals surface area contributed by atoms with E-state index in [2.05, 4.69) is 0 Å². The lowest BCUT2D eigenvalue weighted by Gasteiger charge is -2.46. The third kappa shape index (κ3) is 7.40. The molecule has 3 nitrogen and oxygen atoms in total. The van der Waals surface area contributed by atoms with Crippen LogP contribution in [0, 0.1) is 0 Å². The van der Waals surface area contributed by atoms with Gasteiger partial charge in [0.2, 0.25) is 0 Å². The number of halogens is 34. The lowest BCUT2D eigenvalue weighted by atomic mass is 9.89. The van der Waals surface area contributed by atoms with Crippen LogP contribution in [0.3, 0.4) is 0 Å². The predicted octanol–water partition coefficient (Wildman–Crippen LogP) is 10.6. The summed E-state index contributed by atoms with van der Waals surface area (Å²) in [4.78, 5) is 0. The fourth-order valence-corrected chi connectivity index (χ4v) is 4.90. The minimum Gasteiger partial charge on any atom is -0.302 e. The summed E-state index contributed by atoms with van der Waals surface area (Å²) in [6, 6.07) is 0. The van der Waals surface area contributed by atoms with E-state index in [1.807, 2.05) is 0 Å². The number of hydrogen-bond acceptors (Lipinski definition) is 3. The zero-order valence-corrected chi connectivity index (χ0v) is 23.1. The second kappa shape index (κ2) is 12.6. The second-order valence-corrected chi connectivity index (χ2v) is 11.4. The van der Waals surface area contributed by atoms with E-state index in [1.54, 1.807) is 0 Å². The molecular weight excluding hydrogens is 902 g/mol. The molecule has 0 saturated heterocycles. The van der Waals surface area contributed by atoms with Gasteiger partial charge in [-0.05, 0) is 0 Å².